The van der Waals surface area contributed by atoms with Gasteiger partial charge in [-0.2, -0.15) is 0 Å². The van der Waals surface area contributed by atoms with Gasteiger partial charge in [-0.05, 0) is 18.1 Å². The molecule has 0 aliphatic rings. The zero-order valence-corrected chi connectivity index (χ0v) is 12.0. The number of rotatable bonds is 7. The second-order valence-corrected chi connectivity index (χ2v) is 5.89. The summed E-state index contributed by atoms with van der Waals surface area (Å²) < 4.78 is 36.7. The number of aliphatic hydroxyl groups excluding tert-OH is 1. The molecule has 0 radical (unpaired) electrons. The molecule has 2 N–H and O–H groups in total. The average molecular weight is 289 g/mol. The molecule has 6 nitrogen and oxygen atoms in total. The first-order valence-electron chi connectivity index (χ1n) is 5.77. The van der Waals surface area contributed by atoms with Gasteiger partial charge >= 0.3 is 0 Å². The van der Waals surface area contributed by atoms with Crippen LogP contribution in [0.5, 0.6) is 11.5 Å². The number of nitrogens with one attached hydrogen (secondary N) is 1. The van der Waals surface area contributed by atoms with Gasteiger partial charge in [-0.1, -0.05) is 6.92 Å². The number of hydrogen-bond donors (Lipinski definition) is 2. The Balaban J connectivity index is 3.00. The first-order valence-corrected chi connectivity index (χ1v) is 7.25. The molecule has 0 saturated carbocycles. The summed E-state index contributed by atoms with van der Waals surface area (Å²) in [4.78, 5) is 0.0425. The van der Waals surface area contributed by atoms with Crippen molar-refractivity contribution in [3.63, 3.8) is 0 Å². The van der Waals surface area contributed by atoms with Gasteiger partial charge in [-0.15, -0.1) is 0 Å². The fourth-order valence-corrected chi connectivity index (χ4v) is 2.70. The Kier molecular flexibility index (Phi) is 5.59. The molecule has 0 heterocycles. The Morgan fingerprint density at radius 2 is 2.00 bits per heavy atom. The molecule has 0 spiro atoms. The molecule has 19 heavy (non-hydrogen) atoms. The van der Waals surface area contributed by atoms with Crippen LogP contribution in [0.1, 0.15) is 6.92 Å². The molecular weight excluding hydrogens is 270 g/mol. The number of ether oxygens (including phenoxy) is 2. The standard InChI is InChI=1S/C12H19NO5S/c1-9(8-14)7-13-19(15,16)12-5-4-10(17-2)6-11(12)18-3/h4-6,9,13-14H,7-8H2,1-3H3. The summed E-state index contributed by atoms with van der Waals surface area (Å²) in [5.74, 6) is 0.571. The predicted molar refractivity (Wildman–Crippen MR) is 71.0 cm³/mol. The predicted octanol–water partition coefficient (Wildman–Crippen LogP) is 0.611. The van der Waals surface area contributed by atoms with E-state index in [1.807, 2.05) is 0 Å². The molecular formula is C12H19NO5S. The van der Waals surface area contributed by atoms with Gasteiger partial charge in [0.05, 0.1) is 14.2 Å². The monoisotopic (exact) mass is 289 g/mol. The van der Waals surface area contributed by atoms with Crippen molar-refractivity contribution in [1.82, 2.24) is 4.72 Å². The lowest BCUT2D eigenvalue weighted by molar-refractivity contribution is 0.238. The second-order valence-electron chi connectivity index (χ2n) is 4.16. The Morgan fingerprint density at radius 1 is 1.32 bits per heavy atom. The number of benzene rings is 1. The molecule has 1 atom stereocenters. The fraction of sp³-hybridized carbons (Fsp3) is 0.500. The second kappa shape index (κ2) is 6.74. The van der Waals surface area contributed by atoms with Gasteiger partial charge in [0.25, 0.3) is 0 Å². The van der Waals surface area contributed by atoms with Crippen molar-refractivity contribution in [3.8, 4) is 11.5 Å². The molecule has 0 fully saturated rings. The highest BCUT2D eigenvalue weighted by molar-refractivity contribution is 7.89. The van der Waals surface area contributed by atoms with Gasteiger partial charge in [0.1, 0.15) is 16.4 Å². The smallest absolute Gasteiger partial charge is 0.244 e. The van der Waals surface area contributed by atoms with E-state index in [0.717, 1.165) is 0 Å². The Morgan fingerprint density at radius 3 is 2.53 bits per heavy atom. The van der Waals surface area contributed by atoms with E-state index in [1.54, 1.807) is 13.0 Å². The molecule has 1 rings (SSSR count). The normalized spacial score (nSPS) is 13.1. The molecule has 0 amide bonds. The maximum atomic E-state index is 12.1. The highest BCUT2D eigenvalue weighted by Gasteiger charge is 2.20. The molecule has 0 aliphatic heterocycles. The van der Waals surface area contributed by atoms with Crippen LogP contribution >= 0.6 is 0 Å². The quantitative estimate of drug-likeness (QED) is 0.768. The first-order chi connectivity index (χ1) is 8.94. The molecule has 0 aromatic heterocycles. The van der Waals surface area contributed by atoms with E-state index < -0.39 is 10.0 Å². The van der Waals surface area contributed by atoms with Crippen LogP contribution in [0.15, 0.2) is 23.1 Å². The van der Waals surface area contributed by atoms with Gasteiger partial charge in [0.15, 0.2) is 0 Å². The maximum Gasteiger partial charge on any atom is 0.244 e. The van der Waals surface area contributed by atoms with Crippen LogP contribution in [-0.4, -0.2) is 40.9 Å². The molecule has 1 aromatic carbocycles. The Labute approximate surface area is 113 Å². The fourth-order valence-electron chi connectivity index (χ4n) is 1.39. The van der Waals surface area contributed by atoms with Crippen molar-refractivity contribution >= 4 is 10.0 Å². The lowest BCUT2D eigenvalue weighted by Gasteiger charge is -2.13. The van der Waals surface area contributed by atoms with Crippen LogP contribution in [0.3, 0.4) is 0 Å². The van der Waals surface area contributed by atoms with E-state index in [4.69, 9.17) is 14.6 Å². The van der Waals surface area contributed by atoms with E-state index in [2.05, 4.69) is 4.72 Å². The SMILES string of the molecule is COc1ccc(S(=O)(=O)NCC(C)CO)c(OC)c1. The first kappa shape index (κ1) is 15.7. The number of hydrogen-bond acceptors (Lipinski definition) is 5. The van der Waals surface area contributed by atoms with Crippen LogP contribution in [0.25, 0.3) is 0 Å². The molecule has 1 aromatic rings. The highest BCUT2D eigenvalue weighted by Crippen LogP contribution is 2.28. The summed E-state index contributed by atoms with van der Waals surface area (Å²) in [6.07, 6.45) is 0. The Hall–Kier alpha value is -1.31. The topological polar surface area (TPSA) is 84.9 Å². The Bertz CT molecular complexity index is 515. The van der Waals surface area contributed by atoms with Crippen molar-refractivity contribution in [2.75, 3.05) is 27.4 Å². The van der Waals surface area contributed by atoms with Gasteiger partial charge < -0.3 is 14.6 Å². The van der Waals surface area contributed by atoms with Crippen molar-refractivity contribution in [2.24, 2.45) is 5.92 Å². The third-order valence-corrected chi connectivity index (χ3v) is 4.06. The van der Waals surface area contributed by atoms with Gasteiger partial charge in [0, 0.05) is 19.2 Å². The molecule has 0 aliphatic carbocycles. The van der Waals surface area contributed by atoms with E-state index >= 15 is 0 Å². The summed E-state index contributed by atoms with van der Waals surface area (Å²) in [5, 5.41) is 8.90. The number of methoxy groups -OCH3 is 2. The molecule has 0 bridgehead atoms. The van der Waals surface area contributed by atoms with Crippen molar-refractivity contribution in [2.45, 2.75) is 11.8 Å². The van der Waals surface area contributed by atoms with E-state index in [-0.39, 0.29) is 29.7 Å². The summed E-state index contributed by atoms with van der Waals surface area (Å²) >= 11 is 0. The summed E-state index contributed by atoms with van der Waals surface area (Å²) in [6.45, 7) is 1.82. The summed E-state index contributed by atoms with van der Waals surface area (Å²) in [6, 6.07) is 4.47. The number of aliphatic hydroxyl groups is 1. The third-order valence-electron chi connectivity index (χ3n) is 2.59. The van der Waals surface area contributed by atoms with Crippen molar-refractivity contribution in [1.29, 1.82) is 0 Å². The number of sulfonamides is 1. The maximum absolute atomic E-state index is 12.1. The lowest BCUT2D eigenvalue weighted by Crippen LogP contribution is -2.29. The van der Waals surface area contributed by atoms with E-state index in [1.165, 1.54) is 26.4 Å². The summed E-state index contributed by atoms with van der Waals surface area (Å²) in [7, 11) is -0.792. The molecule has 1 unspecified atom stereocenters. The third kappa shape index (κ3) is 4.09. The molecule has 0 saturated heterocycles. The summed E-state index contributed by atoms with van der Waals surface area (Å²) in [5.41, 5.74) is 0. The molecule has 108 valence electrons. The van der Waals surface area contributed by atoms with Crippen molar-refractivity contribution in [3.05, 3.63) is 18.2 Å². The highest BCUT2D eigenvalue weighted by atomic mass is 32.2. The zero-order valence-electron chi connectivity index (χ0n) is 11.2. The van der Waals surface area contributed by atoms with Gasteiger partial charge in [0.2, 0.25) is 10.0 Å². The average Bonchev–Trinajstić information content (AvgIpc) is 2.43. The van der Waals surface area contributed by atoms with Crippen LogP contribution in [0.2, 0.25) is 0 Å². The minimum atomic E-state index is -3.67. The largest absolute Gasteiger partial charge is 0.497 e. The van der Waals surface area contributed by atoms with Crippen molar-refractivity contribution < 1.29 is 23.0 Å². The van der Waals surface area contributed by atoms with Gasteiger partial charge in [-0.25, -0.2) is 13.1 Å². The van der Waals surface area contributed by atoms with E-state index in [0.29, 0.717) is 5.75 Å². The molecule has 7 heteroatoms. The van der Waals surface area contributed by atoms with E-state index in [9.17, 15) is 8.42 Å². The minimum absolute atomic E-state index is 0.0425. The van der Waals surface area contributed by atoms with Crippen LogP contribution in [0.4, 0.5) is 0 Å². The van der Waals surface area contributed by atoms with Gasteiger partial charge in [-0.3, -0.25) is 0 Å². The van der Waals surface area contributed by atoms with Crippen LogP contribution in [0, 0.1) is 5.92 Å². The lowest BCUT2D eigenvalue weighted by atomic mass is 10.2. The zero-order chi connectivity index (χ0) is 14.5. The van der Waals surface area contributed by atoms with Crippen LogP contribution in [-0.2, 0) is 10.0 Å². The minimum Gasteiger partial charge on any atom is -0.497 e. The van der Waals surface area contributed by atoms with Crippen LogP contribution < -0.4 is 14.2 Å².